The maximum Gasteiger partial charge on any atom is 0.249 e. The molecule has 1 atom stereocenters. The summed E-state index contributed by atoms with van der Waals surface area (Å²) in [6.07, 6.45) is 0.0397. The van der Waals surface area contributed by atoms with Gasteiger partial charge in [-0.3, -0.25) is 19.7 Å². The SMILES string of the molecule is CN(C)CC(=O)NC1CC(=O)NC1=O. The van der Waals surface area contributed by atoms with Crippen LogP contribution in [0.15, 0.2) is 0 Å². The van der Waals surface area contributed by atoms with E-state index in [1.807, 2.05) is 0 Å². The monoisotopic (exact) mass is 199 g/mol. The zero-order valence-electron chi connectivity index (χ0n) is 8.16. The van der Waals surface area contributed by atoms with E-state index in [-0.39, 0.29) is 24.8 Å². The lowest BCUT2D eigenvalue weighted by atomic mass is 10.2. The molecule has 6 nitrogen and oxygen atoms in total. The average molecular weight is 199 g/mol. The van der Waals surface area contributed by atoms with E-state index in [2.05, 4.69) is 10.6 Å². The highest BCUT2D eigenvalue weighted by Gasteiger charge is 2.31. The molecule has 1 rings (SSSR count). The van der Waals surface area contributed by atoms with Crippen molar-refractivity contribution in [3.8, 4) is 0 Å². The molecule has 0 saturated carbocycles. The van der Waals surface area contributed by atoms with Gasteiger partial charge < -0.3 is 10.2 Å². The molecular weight excluding hydrogens is 186 g/mol. The maximum atomic E-state index is 11.2. The molecule has 0 bridgehead atoms. The fraction of sp³-hybridized carbons (Fsp3) is 0.625. The lowest BCUT2D eigenvalue weighted by Gasteiger charge is -2.12. The van der Waals surface area contributed by atoms with Crippen LogP contribution >= 0.6 is 0 Å². The second kappa shape index (κ2) is 4.19. The van der Waals surface area contributed by atoms with Gasteiger partial charge in [0.1, 0.15) is 6.04 Å². The first-order valence-electron chi connectivity index (χ1n) is 4.27. The van der Waals surface area contributed by atoms with Crippen molar-refractivity contribution >= 4 is 17.7 Å². The van der Waals surface area contributed by atoms with Gasteiger partial charge in [0.05, 0.1) is 13.0 Å². The van der Waals surface area contributed by atoms with Crippen molar-refractivity contribution in [1.29, 1.82) is 0 Å². The third-order valence-electron chi connectivity index (χ3n) is 1.76. The summed E-state index contributed by atoms with van der Waals surface area (Å²) in [5.74, 6) is -1.03. The van der Waals surface area contributed by atoms with Crippen LogP contribution < -0.4 is 10.6 Å². The number of likely N-dealkylation sites (N-methyl/N-ethyl adjacent to an activating group) is 1. The molecule has 2 N–H and O–H groups in total. The summed E-state index contributed by atoms with van der Waals surface area (Å²) in [4.78, 5) is 34.7. The van der Waals surface area contributed by atoms with Crippen LogP contribution in [-0.4, -0.2) is 49.3 Å². The molecule has 3 amide bonds. The lowest BCUT2D eigenvalue weighted by Crippen LogP contribution is -2.43. The molecule has 0 radical (unpaired) electrons. The molecule has 1 aliphatic heterocycles. The van der Waals surface area contributed by atoms with Crippen molar-refractivity contribution in [1.82, 2.24) is 15.5 Å². The summed E-state index contributed by atoms with van der Waals surface area (Å²) in [7, 11) is 3.50. The Hall–Kier alpha value is -1.43. The number of carbonyl (C=O) groups excluding carboxylic acids is 3. The van der Waals surface area contributed by atoms with Crippen molar-refractivity contribution in [2.24, 2.45) is 0 Å². The molecule has 0 aromatic carbocycles. The average Bonchev–Trinajstić information content (AvgIpc) is 2.28. The molecule has 1 heterocycles. The predicted octanol–water partition coefficient (Wildman–Crippen LogP) is -1.92. The van der Waals surface area contributed by atoms with Crippen LogP contribution in [-0.2, 0) is 14.4 Å². The number of carbonyl (C=O) groups is 3. The van der Waals surface area contributed by atoms with Crippen LogP contribution in [0.5, 0.6) is 0 Å². The van der Waals surface area contributed by atoms with Crippen molar-refractivity contribution in [2.75, 3.05) is 20.6 Å². The van der Waals surface area contributed by atoms with Gasteiger partial charge in [0, 0.05) is 0 Å². The summed E-state index contributed by atoms with van der Waals surface area (Å²) < 4.78 is 0. The molecule has 0 aliphatic carbocycles. The highest BCUT2D eigenvalue weighted by Crippen LogP contribution is 2.00. The second-order valence-electron chi connectivity index (χ2n) is 3.47. The molecule has 1 aliphatic rings. The van der Waals surface area contributed by atoms with Gasteiger partial charge >= 0.3 is 0 Å². The van der Waals surface area contributed by atoms with E-state index in [0.29, 0.717) is 0 Å². The molecule has 78 valence electrons. The first-order chi connectivity index (χ1) is 6.49. The quantitative estimate of drug-likeness (QED) is 0.519. The molecular formula is C8H13N3O3. The van der Waals surface area contributed by atoms with Gasteiger partial charge in [0.25, 0.3) is 0 Å². The Balaban J connectivity index is 2.41. The molecule has 0 aromatic rings. The first kappa shape index (κ1) is 10.6. The Bertz CT molecular complexity index is 275. The summed E-state index contributed by atoms with van der Waals surface area (Å²) in [6, 6.07) is -0.699. The number of nitrogens with one attached hydrogen (secondary N) is 2. The minimum absolute atomic E-state index is 0.0397. The van der Waals surface area contributed by atoms with Crippen LogP contribution in [0.1, 0.15) is 6.42 Å². The highest BCUT2D eigenvalue weighted by molar-refractivity contribution is 6.06. The maximum absolute atomic E-state index is 11.2. The first-order valence-corrected chi connectivity index (χ1v) is 4.27. The van der Waals surface area contributed by atoms with Crippen molar-refractivity contribution in [3.05, 3.63) is 0 Å². The number of amides is 3. The van der Waals surface area contributed by atoms with Gasteiger partial charge in [-0.2, -0.15) is 0 Å². The van der Waals surface area contributed by atoms with Crippen molar-refractivity contribution < 1.29 is 14.4 Å². The molecule has 0 spiro atoms. The second-order valence-corrected chi connectivity index (χ2v) is 3.47. The van der Waals surface area contributed by atoms with Crippen LogP contribution in [0.2, 0.25) is 0 Å². The number of nitrogens with zero attached hydrogens (tertiary/aromatic N) is 1. The fourth-order valence-electron chi connectivity index (χ4n) is 1.20. The van der Waals surface area contributed by atoms with Crippen LogP contribution in [0.25, 0.3) is 0 Å². The number of hydrogen-bond donors (Lipinski definition) is 2. The van der Waals surface area contributed by atoms with E-state index in [1.54, 1.807) is 19.0 Å². The third kappa shape index (κ3) is 2.81. The minimum Gasteiger partial charge on any atom is -0.343 e. The molecule has 6 heteroatoms. The number of hydrogen-bond acceptors (Lipinski definition) is 4. The zero-order valence-corrected chi connectivity index (χ0v) is 8.16. The van der Waals surface area contributed by atoms with E-state index in [1.165, 1.54) is 0 Å². The lowest BCUT2D eigenvalue weighted by molar-refractivity contribution is -0.128. The number of imide groups is 1. The van der Waals surface area contributed by atoms with E-state index in [9.17, 15) is 14.4 Å². The topological polar surface area (TPSA) is 78.5 Å². The van der Waals surface area contributed by atoms with E-state index >= 15 is 0 Å². The zero-order chi connectivity index (χ0) is 10.7. The fourth-order valence-corrected chi connectivity index (χ4v) is 1.20. The Morgan fingerprint density at radius 1 is 1.57 bits per heavy atom. The molecule has 1 saturated heterocycles. The summed E-state index contributed by atoms with van der Waals surface area (Å²) in [5.41, 5.74) is 0. The summed E-state index contributed by atoms with van der Waals surface area (Å²) >= 11 is 0. The van der Waals surface area contributed by atoms with Crippen molar-refractivity contribution in [3.63, 3.8) is 0 Å². The van der Waals surface area contributed by atoms with Crippen LogP contribution in [0.4, 0.5) is 0 Å². The van der Waals surface area contributed by atoms with Gasteiger partial charge in [-0.15, -0.1) is 0 Å². The highest BCUT2D eigenvalue weighted by atomic mass is 16.2. The van der Waals surface area contributed by atoms with Gasteiger partial charge in [0.15, 0.2) is 0 Å². The molecule has 0 aromatic heterocycles. The van der Waals surface area contributed by atoms with Crippen molar-refractivity contribution in [2.45, 2.75) is 12.5 Å². The smallest absolute Gasteiger partial charge is 0.249 e. The summed E-state index contributed by atoms with van der Waals surface area (Å²) in [5, 5.41) is 4.60. The van der Waals surface area contributed by atoms with Gasteiger partial charge in [-0.25, -0.2) is 0 Å². The Morgan fingerprint density at radius 3 is 2.64 bits per heavy atom. The van der Waals surface area contributed by atoms with Crippen LogP contribution in [0.3, 0.4) is 0 Å². The van der Waals surface area contributed by atoms with Gasteiger partial charge in [-0.05, 0) is 14.1 Å². The molecule has 14 heavy (non-hydrogen) atoms. The van der Waals surface area contributed by atoms with E-state index < -0.39 is 11.9 Å². The Labute approximate surface area is 81.6 Å². The van der Waals surface area contributed by atoms with Crippen LogP contribution in [0, 0.1) is 0 Å². The summed E-state index contributed by atoms with van der Waals surface area (Å²) in [6.45, 7) is 0.206. The number of rotatable bonds is 3. The van der Waals surface area contributed by atoms with Gasteiger partial charge in [0.2, 0.25) is 17.7 Å². The Kier molecular flexibility index (Phi) is 3.19. The Morgan fingerprint density at radius 2 is 2.21 bits per heavy atom. The predicted molar refractivity (Wildman–Crippen MR) is 48.3 cm³/mol. The standard InChI is InChI=1S/C8H13N3O3/c1-11(2)4-7(13)9-5-3-6(12)10-8(5)14/h5H,3-4H2,1-2H3,(H,9,13)(H,10,12,14). The largest absolute Gasteiger partial charge is 0.343 e. The molecule has 1 unspecified atom stereocenters. The van der Waals surface area contributed by atoms with E-state index in [0.717, 1.165) is 0 Å². The van der Waals surface area contributed by atoms with E-state index in [4.69, 9.17) is 0 Å². The molecule has 1 fully saturated rings. The normalized spacial score (nSPS) is 21.2. The minimum atomic E-state index is -0.699. The van der Waals surface area contributed by atoms with Gasteiger partial charge in [-0.1, -0.05) is 0 Å². The third-order valence-corrected chi connectivity index (χ3v) is 1.76.